The Bertz CT molecular complexity index is 670. The highest BCUT2D eigenvalue weighted by molar-refractivity contribution is 6.31. The second kappa shape index (κ2) is 3.90. The molecule has 0 atom stereocenters. The molecule has 0 spiro atoms. The number of aromatic amines is 1. The van der Waals surface area contributed by atoms with Crippen molar-refractivity contribution in [3.05, 3.63) is 59.5 Å². The third-order valence-corrected chi connectivity index (χ3v) is 3.03. The number of hydrogen-bond donors (Lipinski definition) is 1. The number of rotatable bonds is 1. The second-order valence-electron chi connectivity index (χ2n) is 3.90. The molecule has 2 aromatic carbocycles. The van der Waals surface area contributed by atoms with Gasteiger partial charge in [-0.3, -0.25) is 0 Å². The lowest BCUT2D eigenvalue weighted by molar-refractivity contribution is 0.628. The van der Waals surface area contributed by atoms with E-state index in [1.807, 2.05) is 24.4 Å². The molecule has 3 aromatic rings. The molecule has 0 amide bonds. The van der Waals surface area contributed by atoms with Crippen LogP contribution in [0.15, 0.2) is 48.7 Å². The van der Waals surface area contributed by atoms with Gasteiger partial charge in [0.1, 0.15) is 5.82 Å². The molecule has 0 radical (unpaired) electrons. The molecule has 3 heteroatoms. The molecule has 0 fully saturated rings. The van der Waals surface area contributed by atoms with Crippen molar-refractivity contribution in [2.75, 3.05) is 0 Å². The Morgan fingerprint density at radius 1 is 1.00 bits per heavy atom. The lowest BCUT2D eigenvalue weighted by Crippen LogP contribution is -1.77. The van der Waals surface area contributed by atoms with E-state index in [1.165, 1.54) is 12.1 Å². The zero-order valence-electron chi connectivity index (χ0n) is 8.87. The van der Waals surface area contributed by atoms with E-state index in [4.69, 9.17) is 11.6 Å². The smallest absolute Gasteiger partial charge is 0.123 e. The third-order valence-electron chi connectivity index (χ3n) is 2.80. The van der Waals surface area contributed by atoms with E-state index in [9.17, 15) is 4.39 Å². The first-order chi connectivity index (χ1) is 8.24. The number of H-pyrrole nitrogens is 1. The maximum absolute atomic E-state index is 12.9. The molecule has 0 saturated heterocycles. The van der Waals surface area contributed by atoms with E-state index in [1.54, 1.807) is 12.1 Å². The Morgan fingerprint density at radius 2 is 1.76 bits per heavy atom. The summed E-state index contributed by atoms with van der Waals surface area (Å²) in [4.78, 5) is 3.18. The molecule has 17 heavy (non-hydrogen) atoms. The summed E-state index contributed by atoms with van der Waals surface area (Å²) in [5.74, 6) is -0.230. The van der Waals surface area contributed by atoms with E-state index >= 15 is 0 Å². The maximum atomic E-state index is 12.9. The van der Waals surface area contributed by atoms with Gasteiger partial charge in [-0.1, -0.05) is 23.7 Å². The number of hydrogen-bond acceptors (Lipinski definition) is 0. The maximum Gasteiger partial charge on any atom is 0.123 e. The summed E-state index contributed by atoms with van der Waals surface area (Å²) >= 11 is 5.99. The molecular weight excluding hydrogens is 237 g/mol. The van der Waals surface area contributed by atoms with Gasteiger partial charge in [-0.05, 0) is 35.9 Å². The Kier molecular flexibility index (Phi) is 2.37. The first-order valence-electron chi connectivity index (χ1n) is 5.26. The van der Waals surface area contributed by atoms with Crippen molar-refractivity contribution in [2.45, 2.75) is 0 Å². The molecular formula is C14H9ClFN. The zero-order valence-corrected chi connectivity index (χ0v) is 9.63. The van der Waals surface area contributed by atoms with Gasteiger partial charge in [0.25, 0.3) is 0 Å². The molecule has 0 aliphatic carbocycles. The molecule has 84 valence electrons. The van der Waals surface area contributed by atoms with Gasteiger partial charge in [-0.15, -0.1) is 0 Å². The van der Waals surface area contributed by atoms with Gasteiger partial charge >= 0.3 is 0 Å². The van der Waals surface area contributed by atoms with E-state index in [0.29, 0.717) is 5.02 Å². The summed E-state index contributed by atoms with van der Waals surface area (Å²) in [6.07, 6.45) is 1.91. The summed E-state index contributed by atoms with van der Waals surface area (Å²) < 4.78 is 12.9. The highest BCUT2D eigenvalue weighted by Crippen LogP contribution is 2.30. The molecule has 1 nitrogen and oxygen atoms in total. The van der Waals surface area contributed by atoms with Crippen LogP contribution in [-0.4, -0.2) is 4.98 Å². The van der Waals surface area contributed by atoms with Crippen molar-refractivity contribution >= 4 is 22.5 Å². The SMILES string of the molecule is Fc1ccc(-c2c[nH]c3ccc(Cl)cc23)cc1. The molecule has 3 rings (SSSR count). The summed E-state index contributed by atoms with van der Waals surface area (Å²) in [6.45, 7) is 0. The highest BCUT2D eigenvalue weighted by Gasteiger charge is 2.06. The summed E-state index contributed by atoms with van der Waals surface area (Å²) in [5.41, 5.74) is 3.02. The van der Waals surface area contributed by atoms with Crippen LogP contribution in [0.1, 0.15) is 0 Å². The van der Waals surface area contributed by atoms with Crippen molar-refractivity contribution in [2.24, 2.45) is 0 Å². The van der Waals surface area contributed by atoms with E-state index < -0.39 is 0 Å². The topological polar surface area (TPSA) is 15.8 Å². The average Bonchev–Trinajstić information content (AvgIpc) is 2.73. The molecule has 0 bridgehead atoms. The van der Waals surface area contributed by atoms with Crippen LogP contribution < -0.4 is 0 Å². The fourth-order valence-corrected chi connectivity index (χ4v) is 2.13. The first kappa shape index (κ1) is 10.4. The molecule has 0 saturated carbocycles. The van der Waals surface area contributed by atoms with Crippen molar-refractivity contribution in [3.63, 3.8) is 0 Å². The number of nitrogens with one attached hydrogen (secondary N) is 1. The molecule has 1 N–H and O–H groups in total. The van der Waals surface area contributed by atoms with Crippen molar-refractivity contribution < 1.29 is 4.39 Å². The van der Waals surface area contributed by atoms with Gasteiger partial charge in [-0.25, -0.2) is 4.39 Å². The minimum atomic E-state index is -0.230. The van der Waals surface area contributed by atoms with Crippen molar-refractivity contribution in [1.82, 2.24) is 4.98 Å². The molecule has 0 unspecified atom stereocenters. The Morgan fingerprint density at radius 3 is 2.53 bits per heavy atom. The highest BCUT2D eigenvalue weighted by atomic mass is 35.5. The number of aromatic nitrogens is 1. The normalized spacial score (nSPS) is 10.9. The standard InChI is InChI=1S/C14H9ClFN/c15-10-3-6-14-12(7-10)13(8-17-14)9-1-4-11(16)5-2-9/h1-8,17H. The lowest BCUT2D eigenvalue weighted by Gasteiger charge is -1.99. The van der Waals surface area contributed by atoms with E-state index in [-0.39, 0.29) is 5.82 Å². The quantitative estimate of drug-likeness (QED) is 0.644. The summed E-state index contributed by atoms with van der Waals surface area (Å²) in [5, 5.41) is 1.74. The van der Waals surface area contributed by atoms with Crippen LogP contribution in [0.5, 0.6) is 0 Å². The Hall–Kier alpha value is -1.80. The summed E-state index contributed by atoms with van der Waals surface area (Å²) in [6, 6.07) is 12.1. The first-order valence-corrected chi connectivity index (χ1v) is 5.64. The zero-order chi connectivity index (χ0) is 11.8. The van der Waals surface area contributed by atoms with Crippen LogP contribution in [0.25, 0.3) is 22.0 Å². The Labute approximate surface area is 103 Å². The molecule has 1 heterocycles. The second-order valence-corrected chi connectivity index (χ2v) is 4.34. The minimum Gasteiger partial charge on any atom is -0.361 e. The van der Waals surface area contributed by atoms with Crippen LogP contribution in [0.3, 0.4) is 0 Å². The van der Waals surface area contributed by atoms with Crippen molar-refractivity contribution in [1.29, 1.82) is 0 Å². The minimum absolute atomic E-state index is 0.230. The monoisotopic (exact) mass is 245 g/mol. The van der Waals surface area contributed by atoms with Gasteiger partial charge < -0.3 is 4.98 Å². The van der Waals surface area contributed by atoms with Gasteiger partial charge in [0.2, 0.25) is 0 Å². The van der Waals surface area contributed by atoms with Gasteiger partial charge in [0.15, 0.2) is 0 Å². The van der Waals surface area contributed by atoms with E-state index in [2.05, 4.69) is 4.98 Å². The predicted octanol–water partition coefficient (Wildman–Crippen LogP) is 4.63. The van der Waals surface area contributed by atoms with Crippen LogP contribution in [0.4, 0.5) is 4.39 Å². The van der Waals surface area contributed by atoms with Crippen LogP contribution >= 0.6 is 11.6 Å². The molecule has 1 aromatic heterocycles. The Balaban J connectivity index is 2.23. The third kappa shape index (κ3) is 1.81. The van der Waals surface area contributed by atoms with Crippen molar-refractivity contribution in [3.8, 4) is 11.1 Å². The number of benzene rings is 2. The largest absolute Gasteiger partial charge is 0.361 e. The van der Waals surface area contributed by atoms with Crippen LogP contribution in [-0.2, 0) is 0 Å². The van der Waals surface area contributed by atoms with Crippen LogP contribution in [0, 0.1) is 5.82 Å². The summed E-state index contributed by atoms with van der Waals surface area (Å²) in [7, 11) is 0. The van der Waals surface area contributed by atoms with Gasteiger partial charge in [-0.2, -0.15) is 0 Å². The fourth-order valence-electron chi connectivity index (χ4n) is 1.96. The molecule has 0 aliphatic heterocycles. The van der Waals surface area contributed by atoms with Gasteiger partial charge in [0, 0.05) is 27.7 Å². The predicted molar refractivity (Wildman–Crippen MR) is 68.7 cm³/mol. The van der Waals surface area contributed by atoms with Crippen LogP contribution in [0.2, 0.25) is 5.02 Å². The molecule has 0 aliphatic rings. The lowest BCUT2D eigenvalue weighted by atomic mass is 10.1. The fraction of sp³-hybridized carbons (Fsp3) is 0. The van der Waals surface area contributed by atoms with E-state index in [0.717, 1.165) is 22.0 Å². The van der Waals surface area contributed by atoms with Gasteiger partial charge in [0.05, 0.1) is 0 Å². The number of halogens is 2. The average molecular weight is 246 g/mol. The number of fused-ring (bicyclic) bond motifs is 1.